The number of anilines is 1. The number of hydrogen-bond acceptors (Lipinski definition) is 9. The first-order chi connectivity index (χ1) is 20.4. The summed E-state index contributed by atoms with van der Waals surface area (Å²) in [5.74, 6) is 1.38. The molecule has 0 bridgehead atoms. The summed E-state index contributed by atoms with van der Waals surface area (Å²) < 4.78 is 6.24. The monoisotopic (exact) mass is 586 g/mol. The molecule has 2 fully saturated rings. The Morgan fingerprint density at radius 2 is 2.10 bits per heavy atom. The van der Waals surface area contributed by atoms with Crippen molar-refractivity contribution in [1.82, 2.24) is 19.8 Å². The second-order valence-electron chi connectivity index (χ2n) is 12.0. The van der Waals surface area contributed by atoms with E-state index in [1.807, 2.05) is 0 Å². The third kappa shape index (κ3) is 4.96. The number of hydrogen-bond donors (Lipinski definition) is 0. The minimum Gasteiger partial charge on any atom is -0.462 e. The van der Waals surface area contributed by atoms with Gasteiger partial charge in [-0.1, -0.05) is 31.7 Å². The molecule has 6 rings (SSSR count). The van der Waals surface area contributed by atoms with Crippen molar-refractivity contribution in [3.63, 3.8) is 0 Å². The second kappa shape index (κ2) is 11.7. The van der Waals surface area contributed by atoms with Crippen molar-refractivity contribution in [1.29, 1.82) is 5.26 Å². The Balaban J connectivity index is 1.37. The summed E-state index contributed by atoms with van der Waals surface area (Å²) >= 11 is 1.76. The van der Waals surface area contributed by atoms with E-state index in [0.717, 1.165) is 37.1 Å². The highest BCUT2D eigenvalue weighted by molar-refractivity contribution is 7.99. The molecule has 10 heteroatoms. The largest absolute Gasteiger partial charge is 0.462 e. The van der Waals surface area contributed by atoms with E-state index < -0.39 is 5.41 Å². The van der Waals surface area contributed by atoms with Gasteiger partial charge in [-0.2, -0.15) is 15.2 Å². The summed E-state index contributed by atoms with van der Waals surface area (Å²) in [6, 6.07) is 10.9. The predicted molar refractivity (Wildman–Crippen MR) is 162 cm³/mol. The number of nitriles is 1. The predicted octanol–water partition coefficient (Wildman–Crippen LogP) is 4.09. The maximum atomic E-state index is 14.6. The van der Waals surface area contributed by atoms with Crippen molar-refractivity contribution in [3.05, 3.63) is 53.7 Å². The fourth-order valence-corrected chi connectivity index (χ4v) is 8.66. The molecule has 4 heterocycles. The minimum absolute atomic E-state index is 0.0683. The van der Waals surface area contributed by atoms with Gasteiger partial charge >= 0.3 is 6.01 Å². The number of rotatable bonds is 6. The summed E-state index contributed by atoms with van der Waals surface area (Å²) in [5, 5.41) is 9.52. The molecule has 1 amide bonds. The van der Waals surface area contributed by atoms with Gasteiger partial charge in [0, 0.05) is 41.9 Å². The number of piperazine rings is 1. The Morgan fingerprint density at radius 1 is 1.26 bits per heavy atom. The lowest BCUT2D eigenvalue weighted by atomic mass is 9.64. The number of ether oxygens (including phenoxy) is 1. The molecule has 4 aliphatic rings. The highest BCUT2D eigenvalue weighted by atomic mass is 32.2. The Labute approximate surface area is 251 Å². The van der Waals surface area contributed by atoms with Crippen LogP contribution in [0.25, 0.3) is 0 Å². The zero-order valence-electron chi connectivity index (χ0n) is 24.4. The lowest BCUT2D eigenvalue weighted by Crippen LogP contribution is -2.55. The molecular formula is C32H38N6O3S. The van der Waals surface area contributed by atoms with Crippen LogP contribution in [0.1, 0.15) is 60.1 Å². The van der Waals surface area contributed by atoms with Gasteiger partial charge in [0.1, 0.15) is 18.1 Å². The molecule has 1 aromatic heterocycles. The van der Waals surface area contributed by atoms with E-state index in [9.17, 15) is 14.9 Å². The average Bonchev–Trinajstić information content (AvgIpc) is 3.43. The number of amides is 1. The molecule has 0 saturated carbocycles. The molecule has 2 aromatic rings. The summed E-state index contributed by atoms with van der Waals surface area (Å²) in [7, 11) is 2.10. The van der Waals surface area contributed by atoms with Gasteiger partial charge in [-0.05, 0) is 62.9 Å². The van der Waals surface area contributed by atoms with E-state index in [0.29, 0.717) is 44.2 Å². The first-order valence-electron chi connectivity index (χ1n) is 14.9. The smallest absolute Gasteiger partial charge is 0.319 e. The zero-order valence-corrected chi connectivity index (χ0v) is 25.2. The molecule has 2 saturated heterocycles. The third-order valence-electron chi connectivity index (χ3n) is 9.80. The van der Waals surface area contributed by atoms with Crippen LogP contribution >= 0.6 is 11.8 Å². The van der Waals surface area contributed by atoms with Crippen molar-refractivity contribution in [3.8, 4) is 12.1 Å². The molecule has 4 unspecified atom stereocenters. The maximum Gasteiger partial charge on any atom is 0.319 e. The second-order valence-corrected chi connectivity index (χ2v) is 13.0. The van der Waals surface area contributed by atoms with E-state index in [-0.39, 0.29) is 42.1 Å². The first kappa shape index (κ1) is 28.7. The number of thioether (sulfide) groups is 1. The number of aromatic nitrogens is 2. The number of fused-ring (bicyclic) bond motifs is 2. The Morgan fingerprint density at radius 3 is 2.86 bits per heavy atom. The van der Waals surface area contributed by atoms with Crippen LogP contribution in [0.5, 0.6) is 6.01 Å². The summed E-state index contributed by atoms with van der Waals surface area (Å²) in [6.45, 7) is 8.75. The zero-order chi connectivity index (χ0) is 29.4. The highest BCUT2D eigenvalue weighted by Gasteiger charge is 2.51. The van der Waals surface area contributed by atoms with Crippen LogP contribution in [0.4, 0.5) is 5.82 Å². The van der Waals surface area contributed by atoms with Gasteiger partial charge in [0.25, 0.3) is 0 Å². The molecule has 1 aromatic carbocycles. The minimum atomic E-state index is -0.543. The quantitative estimate of drug-likeness (QED) is 0.463. The van der Waals surface area contributed by atoms with Gasteiger partial charge in [-0.3, -0.25) is 9.59 Å². The fraction of sp³-hybridized carbons (Fsp3) is 0.531. The number of Topliss-reactive ketones (excluding diaryl/α,β-unsaturated/α-hetero) is 1. The number of ketones is 1. The fourth-order valence-electron chi connectivity index (χ4n) is 7.14. The van der Waals surface area contributed by atoms with Crippen LogP contribution in [0, 0.1) is 16.7 Å². The number of carbonyl (C=O) groups excluding carboxylic acids is 2. The number of benzene rings is 1. The van der Waals surface area contributed by atoms with Crippen LogP contribution in [-0.4, -0.2) is 89.1 Å². The summed E-state index contributed by atoms with van der Waals surface area (Å²) in [6.07, 6.45) is 5.10. The van der Waals surface area contributed by atoms with Crippen molar-refractivity contribution in [2.24, 2.45) is 5.41 Å². The van der Waals surface area contributed by atoms with Gasteiger partial charge in [0.05, 0.1) is 23.9 Å². The Hall–Kier alpha value is -3.42. The standard InChI is InChI=1S/C32H38N6O3S/c1-4-27(39)38-17-16-37(18-22(38)12-14-33)30-25-11-13-32(20-42-26-10-6-5-9-24(26)21(32)2)29(40)28(25)34-31(35-30)41-19-23-8-7-15-36(23)3/h4-6,9-10,21-23H,1,7-8,11-13,15-20H2,2-3H3. The maximum absolute atomic E-state index is 14.6. The molecule has 42 heavy (non-hydrogen) atoms. The van der Waals surface area contributed by atoms with Crippen LogP contribution in [-0.2, 0) is 11.2 Å². The molecule has 0 N–H and O–H groups in total. The summed E-state index contributed by atoms with van der Waals surface area (Å²) in [4.78, 5) is 44.2. The Bertz CT molecular complexity index is 1440. The molecular weight excluding hydrogens is 548 g/mol. The first-order valence-corrected chi connectivity index (χ1v) is 15.9. The van der Waals surface area contributed by atoms with Crippen LogP contribution in [0.15, 0.2) is 41.8 Å². The average molecular weight is 587 g/mol. The highest BCUT2D eigenvalue weighted by Crippen LogP contribution is 2.54. The SMILES string of the molecule is C=CC(=O)N1CCN(c2nc(OCC3CCCN3C)nc3c2CCC2(CSc4ccccc4C2C)C3=O)CC1CC#N. The Kier molecular flexibility index (Phi) is 7.99. The normalized spacial score (nSPS) is 27.4. The molecule has 3 aliphatic heterocycles. The van der Waals surface area contributed by atoms with Crippen molar-refractivity contribution < 1.29 is 14.3 Å². The van der Waals surface area contributed by atoms with E-state index in [1.54, 1.807) is 16.7 Å². The van der Waals surface area contributed by atoms with Crippen LogP contribution in [0.2, 0.25) is 0 Å². The van der Waals surface area contributed by atoms with Crippen molar-refractivity contribution >= 4 is 29.3 Å². The summed E-state index contributed by atoms with van der Waals surface area (Å²) in [5.41, 5.74) is 2.00. The van der Waals surface area contributed by atoms with Crippen LogP contribution < -0.4 is 9.64 Å². The number of nitrogens with zero attached hydrogens (tertiary/aromatic N) is 6. The topological polar surface area (TPSA) is 103 Å². The van der Waals surface area contributed by atoms with E-state index in [2.05, 4.69) is 60.7 Å². The van der Waals surface area contributed by atoms with Crippen molar-refractivity contribution in [2.45, 2.75) is 61.9 Å². The number of carbonyl (C=O) groups is 2. The molecule has 1 spiro atoms. The van der Waals surface area contributed by atoms with Gasteiger partial charge in [0.2, 0.25) is 5.91 Å². The van der Waals surface area contributed by atoms with E-state index in [1.165, 1.54) is 16.5 Å². The van der Waals surface area contributed by atoms with Crippen LogP contribution in [0.3, 0.4) is 0 Å². The molecule has 220 valence electrons. The lowest BCUT2D eigenvalue weighted by Gasteiger charge is -2.45. The molecule has 9 nitrogen and oxygen atoms in total. The van der Waals surface area contributed by atoms with Gasteiger partial charge in [-0.15, -0.1) is 11.8 Å². The number of likely N-dealkylation sites (N-methyl/N-ethyl adjacent to an activating group) is 1. The third-order valence-corrected chi connectivity index (χ3v) is 11.1. The lowest BCUT2D eigenvalue weighted by molar-refractivity contribution is -0.128. The van der Waals surface area contributed by atoms with E-state index in [4.69, 9.17) is 14.7 Å². The van der Waals surface area contributed by atoms with Gasteiger partial charge in [-0.25, -0.2) is 0 Å². The van der Waals surface area contributed by atoms with Gasteiger partial charge < -0.3 is 19.4 Å². The molecule has 0 radical (unpaired) electrons. The molecule has 1 aliphatic carbocycles. The van der Waals surface area contributed by atoms with E-state index >= 15 is 0 Å². The van der Waals surface area contributed by atoms with Crippen molar-refractivity contribution in [2.75, 3.05) is 50.5 Å². The van der Waals surface area contributed by atoms with Gasteiger partial charge in [0.15, 0.2) is 5.78 Å². The number of likely N-dealkylation sites (tertiary alicyclic amines) is 1. The molecule has 4 atom stereocenters.